The number of ether oxygens (including phenoxy) is 2. The molecule has 40 heavy (non-hydrogen) atoms. The molecule has 0 saturated heterocycles. The first kappa shape index (κ1) is 28.8. The van der Waals surface area contributed by atoms with E-state index in [1.165, 1.54) is 19.1 Å². The Morgan fingerprint density at radius 2 is 1.57 bits per heavy atom. The molecule has 0 bridgehead atoms. The van der Waals surface area contributed by atoms with Gasteiger partial charge in [0, 0.05) is 17.6 Å². The highest BCUT2D eigenvalue weighted by atomic mass is 19.4. The summed E-state index contributed by atoms with van der Waals surface area (Å²) >= 11 is 0. The molecule has 1 atom stereocenters. The molecule has 2 N–H and O–H groups in total. The van der Waals surface area contributed by atoms with E-state index in [-0.39, 0.29) is 18.1 Å². The number of halogens is 6. The summed E-state index contributed by atoms with van der Waals surface area (Å²) in [6.07, 6.45) is -5.32. The maximum Gasteiger partial charge on any atom is 0.420 e. The number of anilines is 1. The fourth-order valence-corrected chi connectivity index (χ4v) is 4.24. The lowest BCUT2D eigenvalue weighted by molar-refractivity contribution is -0.145. The van der Waals surface area contributed by atoms with Crippen LogP contribution >= 0.6 is 0 Å². The summed E-state index contributed by atoms with van der Waals surface area (Å²) in [7, 11) is 0. The van der Waals surface area contributed by atoms with Gasteiger partial charge in [0.05, 0.1) is 0 Å². The molecule has 4 rings (SSSR count). The van der Waals surface area contributed by atoms with Gasteiger partial charge in [0.2, 0.25) is 0 Å². The standard InChI is InChI=1S/C29H26F6N2O3/c1-16(2)22-15-36-25-12-10-20(9-11-21(22)25)40-26-23(28(30,31)32)13-18(14-24(26)29(33,34)35)37-27(38)17(3)39-19-7-5-4-6-8-19/h4-10,12-17,36H,11H2,1-3H3,(H,37,38). The maximum atomic E-state index is 14.1. The molecule has 1 amide bonds. The van der Waals surface area contributed by atoms with Crippen LogP contribution in [-0.4, -0.2) is 17.0 Å². The molecule has 0 radical (unpaired) electrons. The van der Waals surface area contributed by atoms with E-state index in [2.05, 4.69) is 10.3 Å². The third kappa shape index (κ3) is 6.52. The average Bonchev–Trinajstić information content (AvgIpc) is 3.18. The predicted octanol–water partition coefficient (Wildman–Crippen LogP) is 8.11. The highest BCUT2D eigenvalue weighted by molar-refractivity contribution is 5.94. The maximum absolute atomic E-state index is 14.1. The van der Waals surface area contributed by atoms with Crippen molar-refractivity contribution in [2.75, 3.05) is 5.32 Å². The number of nitrogens with one attached hydrogen (secondary N) is 2. The molecule has 212 valence electrons. The van der Waals surface area contributed by atoms with E-state index in [1.807, 2.05) is 20.0 Å². The van der Waals surface area contributed by atoms with Crippen molar-refractivity contribution in [2.45, 2.75) is 51.6 Å². The van der Waals surface area contributed by atoms with E-state index in [1.54, 1.807) is 36.4 Å². The number of alkyl halides is 6. The molecule has 5 nitrogen and oxygen atoms in total. The lowest BCUT2D eigenvalue weighted by Gasteiger charge is -2.22. The van der Waals surface area contributed by atoms with Gasteiger partial charge in [-0.1, -0.05) is 32.0 Å². The smallest absolute Gasteiger partial charge is 0.420 e. The van der Waals surface area contributed by atoms with Crippen LogP contribution < -0.4 is 14.8 Å². The van der Waals surface area contributed by atoms with Crippen molar-refractivity contribution in [2.24, 2.45) is 0 Å². The van der Waals surface area contributed by atoms with Crippen molar-refractivity contribution in [3.63, 3.8) is 0 Å². The number of para-hydroxylation sites is 1. The number of H-pyrrole nitrogens is 1. The summed E-state index contributed by atoms with van der Waals surface area (Å²) in [5.41, 5.74) is -1.53. The van der Waals surface area contributed by atoms with Crippen molar-refractivity contribution in [3.8, 4) is 11.5 Å². The van der Waals surface area contributed by atoms with Gasteiger partial charge in [-0.25, -0.2) is 0 Å². The van der Waals surface area contributed by atoms with Gasteiger partial charge < -0.3 is 19.8 Å². The molecule has 1 aromatic heterocycles. The average molecular weight is 565 g/mol. The normalized spacial score (nSPS) is 14.3. The van der Waals surface area contributed by atoms with Crippen LogP contribution in [0.15, 0.2) is 66.6 Å². The number of rotatable bonds is 7. The highest BCUT2D eigenvalue weighted by Gasteiger charge is 2.43. The molecule has 0 fully saturated rings. The second kappa shape index (κ2) is 11.1. The Labute approximate surface area is 226 Å². The van der Waals surface area contributed by atoms with Gasteiger partial charge >= 0.3 is 12.4 Å². The van der Waals surface area contributed by atoms with E-state index in [0.717, 1.165) is 11.1 Å². The first-order valence-corrected chi connectivity index (χ1v) is 12.3. The number of amides is 1. The molecule has 3 aromatic rings. The minimum absolute atomic E-state index is 0.154. The third-order valence-electron chi connectivity index (χ3n) is 6.21. The van der Waals surface area contributed by atoms with E-state index in [0.29, 0.717) is 23.6 Å². The minimum Gasteiger partial charge on any atom is -0.481 e. The van der Waals surface area contributed by atoms with Gasteiger partial charge in [-0.2, -0.15) is 26.3 Å². The molecule has 0 saturated carbocycles. The van der Waals surface area contributed by atoms with Gasteiger partial charge in [0.25, 0.3) is 5.91 Å². The number of carbonyl (C=O) groups excluding carboxylic acids is 1. The zero-order valence-electron chi connectivity index (χ0n) is 21.7. The van der Waals surface area contributed by atoms with Gasteiger partial charge in [-0.3, -0.25) is 4.79 Å². The Balaban J connectivity index is 1.67. The van der Waals surface area contributed by atoms with Crippen LogP contribution in [0.1, 0.15) is 54.6 Å². The number of hydrogen-bond acceptors (Lipinski definition) is 3. The molecular weight excluding hydrogens is 538 g/mol. The number of benzene rings is 2. The second-order valence-electron chi connectivity index (χ2n) is 9.50. The zero-order chi connectivity index (χ0) is 29.2. The first-order chi connectivity index (χ1) is 18.7. The van der Waals surface area contributed by atoms with Gasteiger partial charge in [-0.05, 0) is 72.9 Å². The Morgan fingerprint density at radius 3 is 2.15 bits per heavy atom. The fourth-order valence-electron chi connectivity index (χ4n) is 4.24. The Hall–Kier alpha value is -4.15. The van der Waals surface area contributed by atoms with Crippen LogP contribution in [0.2, 0.25) is 0 Å². The third-order valence-corrected chi connectivity index (χ3v) is 6.21. The van der Waals surface area contributed by atoms with Crippen LogP contribution in [0.4, 0.5) is 32.0 Å². The second-order valence-corrected chi connectivity index (χ2v) is 9.50. The van der Waals surface area contributed by atoms with Crippen molar-refractivity contribution in [1.82, 2.24) is 4.98 Å². The van der Waals surface area contributed by atoms with Crippen LogP contribution in [0.3, 0.4) is 0 Å². The monoisotopic (exact) mass is 564 g/mol. The van der Waals surface area contributed by atoms with Crippen molar-refractivity contribution in [3.05, 3.63) is 94.5 Å². The summed E-state index contributed by atoms with van der Waals surface area (Å²) in [5.74, 6) is -2.07. The molecule has 11 heteroatoms. The largest absolute Gasteiger partial charge is 0.481 e. The number of aromatic amines is 1. The van der Waals surface area contributed by atoms with Crippen LogP contribution in [0, 0.1) is 0 Å². The minimum atomic E-state index is -5.23. The van der Waals surface area contributed by atoms with Crippen molar-refractivity contribution < 1.29 is 40.6 Å². The molecule has 1 aliphatic rings. The first-order valence-electron chi connectivity index (χ1n) is 12.3. The Bertz CT molecular complexity index is 1400. The summed E-state index contributed by atoms with van der Waals surface area (Å²) in [4.78, 5) is 15.7. The summed E-state index contributed by atoms with van der Waals surface area (Å²) < 4.78 is 95.3. The molecule has 2 aromatic carbocycles. The van der Waals surface area contributed by atoms with E-state index in [4.69, 9.17) is 9.47 Å². The number of aromatic nitrogens is 1. The SMILES string of the molecule is CC(Oc1ccccc1)C(=O)Nc1cc(C(F)(F)F)c(OC2=CCc3c(C(C)C)c[nH]c3C=C2)c(C(F)(F)F)c1. The van der Waals surface area contributed by atoms with Gasteiger partial charge in [0.1, 0.15) is 22.6 Å². The van der Waals surface area contributed by atoms with E-state index >= 15 is 0 Å². The van der Waals surface area contributed by atoms with Crippen LogP contribution in [-0.2, 0) is 23.6 Å². The van der Waals surface area contributed by atoms with Crippen LogP contribution in [0.25, 0.3) is 6.08 Å². The molecule has 0 aliphatic heterocycles. The summed E-state index contributed by atoms with van der Waals surface area (Å²) in [6.45, 7) is 5.26. The predicted molar refractivity (Wildman–Crippen MR) is 138 cm³/mol. The van der Waals surface area contributed by atoms with Gasteiger partial charge in [0.15, 0.2) is 11.9 Å². The Kier molecular flexibility index (Phi) is 8.04. The van der Waals surface area contributed by atoms with Crippen molar-refractivity contribution >= 4 is 17.7 Å². The lowest BCUT2D eigenvalue weighted by atomic mass is 9.98. The molecule has 1 heterocycles. The topological polar surface area (TPSA) is 63.4 Å². The summed E-state index contributed by atoms with van der Waals surface area (Å²) in [5, 5.41) is 2.10. The molecular formula is C29H26F6N2O3. The van der Waals surface area contributed by atoms with Crippen LogP contribution in [0.5, 0.6) is 11.5 Å². The zero-order valence-corrected chi connectivity index (χ0v) is 21.7. The lowest BCUT2D eigenvalue weighted by Crippen LogP contribution is -2.30. The molecule has 1 aliphatic carbocycles. The quantitative estimate of drug-likeness (QED) is 0.285. The summed E-state index contributed by atoms with van der Waals surface area (Å²) in [6, 6.07) is 8.92. The molecule has 0 spiro atoms. The fraction of sp³-hybridized carbons (Fsp3) is 0.276. The number of carbonyl (C=O) groups is 1. The number of fused-ring (bicyclic) bond motifs is 1. The Morgan fingerprint density at radius 1 is 0.950 bits per heavy atom. The molecule has 1 unspecified atom stereocenters. The number of allylic oxidation sites excluding steroid dienone is 2. The van der Waals surface area contributed by atoms with Gasteiger partial charge in [-0.15, -0.1) is 0 Å². The van der Waals surface area contributed by atoms with E-state index in [9.17, 15) is 31.1 Å². The number of hydrogen-bond donors (Lipinski definition) is 2. The van der Waals surface area contributed by atoms with E-state index < -0.39 is 46.9 Å². The van der Waals surface area contributed by atoms with Crippen molar-refractivity contribution in [1.29, 1.82) is 0 Å². The highest BCUT2D eigenvalue weighted by Crippen LogP contribution is 2.47.